The molecule has 2 heterocycles. The van der Waals surface area contributed by atoms with Crippen molar-refractivity contribution >= 4 is 52.6 Å². The van der Waals surface area contributed by atoms with E-state index in [1.54, 1.807) is 37.4 Å². The molecule has 12 nitrogen and oxygen atoms in total. The number of ether oxygens (including phenoxy) is 2. The van der Waals surface area contributed by atoms with Gasteiger partial charge in [-0.05, 0) is 55.3 Å². The minimum Gasteiger partial charge on any atom is -0.497 e. The van der Waals surface area contributed by atoms with Gasteiger partial charge in [-0.25, -0.2) is 19.3 Å². The van der Waals surface area contributed by atoms with Gasteiger partial charge >= 0.3 is 12.1 Å². The van der Waals surface area contributed by atoms with E-state index < -0.39 is 6.03 Å². The third-order valence-electron chi connectivity index (χ3n) is 5.66. The van der Waals surface area contributed by atoms with Crippen LogP contribution < -0.4 is 30.7 Å². The summed E-state index contributed by atoms with van der Waals surface area (Å²) in [6.45, 7) is 0. The Morgan fingerprint density at radius 3 is 2.45 bits per heavy atom. The zero-order valence-electron chi connectivity index (χ0n) is 20.9. The largest absolute Gasteiger partial charge is 0.497 e. The van der Waals surface area contributed by atoms with Crippen LogP contribution in [0.5, 0.6) is 23.1 Å². The fourth-order valence-electron chi connectivity index (χ4n) is 3.59. The molecule has 1 aliphatic carbocycles. The van der Waals surface area contributed by atoms with E-state index in [1.807, 2.05) is 0 Å². The lowest BCUT2D eigenvalue weighted by atomic mass is 10.3. The second-order valence-corrected chi connectivity index (χ2v) is 9.42. The molecule has 0 saturated heterocycles. The van der Waals surface area contributed by atoms with Crippen LogP contribution in [-0.2, 0) is 0 Å². The van der Waals surface area contributed by atoms with E-state index in [-0.39, 0.29) is 45.3 Å². The standard InChI is InChI=1S/C26H23Cl2N7O5/c1-39-16-6-4-15(5-7-16)35-21(13-22(36)34-35)33-26(38)31-18-8-9-19(24(28)23(18)27)40-17-10-11-29-20(12-17)32-25(37)30-14-2-3-14/h4-14H,2-3H2,1H3,(H,34,36)(H2,31,33,38)(H2,29,30,32,37). The minimum absolute atomic E-state index is 0.0389. The summed E-state index contributed by atoms with van der Waals surface area (Å²) in [5.41, 5.74) is 0.794. The number of anilines is 3. The first kappa shape index (κ1) is 26.9. The van der Waals surface area contributed by atoms with Crippen molar-refractivity contribution in [2.75, 3.05) is 23.1 Å². The number of nitrogens with one attached hydrogen (secondary N) is 4. The molecule has 0 bridgehead atoms. The molecular weight excluding hydrogens is 561 g/mol. The number of nitrogens with zero attached hydrogens (tertiary/aromatic N) is 3. The number of hydrogen-bond acceptors (Lipinski definition) is 7. The van der Waals surface area contributed by atoms with Crippen LogP contribution in [0.25, 0.3) is 5.69 Å². The topological polar surface area (TPSA) is 152 Å². The van der Waals surface area contributed by atoms with Gasteiger partial charge in [-0.1, -0.05) is 23.2 Å². The van der Waals surface area contributed by atoms with Crippen LogP contribution in [0, 0.1) is 0 Å². The molecule has 5 N–H and O–H groups in total. The number of halogens is 2. The van der Waals surface area contributed by atoms with Gasteiger partial charge in [-0.2, -0.15) is 0 Å². The summed E-state index contributed by atoms with van der Waals surface area (Å²) in [5, 5.41) is 24.7. The third-order valence-corrected chi connectivity index (χ3v) is 6.53. The number of benzene rings is 2. The monoisotopic (exact) mass is 583 g/mol. The summed E-state index contributed by atoms with van der Waals surface area (Å²) < 4.78 is 12.3. The highest BCUT2D eigenvalue weighted by Gasteiger charge is 2.23. The Labute approximate surface area is 238 Å². The maximum atomic E-state index is 12.8. The zero-order valence-corrected chi connectivity index (χ0v) is 22.5. The van der Waals surface area contributed by atoms with Crippen LogP contribution in [0.3, 0.4) is 0 Å². The van der Waals surface area contributed by atoms with Gasteiger partial charge in [0.1, 0.15) is 33.9 Å². The summed E-state index contributed by atoms with van der Waals surface area (Å²) in [6, 6.07) is 13.6. The number of carbonyl (C=O) groups excluding carboxylic acids is 2. The molecule has 4 amide bonds. The lowest BCUT2D eigenvalue weighted by molar-refractivity contribution is 0.251. The average Bonchev–Trinajstić information content (AvgIpc) is 3.67. The molecule has 40 heavy (non-hydrogen) atoms. The number of hydrogen-bond donors (Lipinski definition) is 5. The number of carbonyl (C=O) groups is 2. The fourth-order valence-corrected chi connectivity index (χ4v) is 4.00. The number of aromatic nitrogens is 3. The smallest absolute Gasteiger partial charge is 0.324 e. The maximum absolute atomic E-state index is 12.8. The highest BCUT2D eigenvalue weighted by atomic mass is 35.5. The first-order chi connectivity index (χ1) is 19.3. The van der Waals surface area contributed by atoms with Crippen molar-refractivity contribution in [3.63, 3.8) is 0 Å². The molecule has 1 fully saturated rings. The SMILES string of the molecule is COc1ccc(-n2nc(O)cc2NC(=O)Nc2ccc(Oc3ccnc(NC(=O)NC4CC4)c3)c(Cl)c2Cl)cc1. The van der Waals surface area contributed by atoms with Gasteiger partial charge in [-0.15, -0.1) is 5.10 Å². The first-order valence-electron chi connectivity index (χ1n) is 12.0. The molecule has 2 aromatic carbocycles. The first-order valence-corrected chi connectivity index (χ1v) is 12.8. The van der Waals surface area contributed by atoms with Crippen LogP contribution in [0.4, 0.5) is 26.9 Å². The second kappa shape index (κ2) is 11.6. The third kappa shape index (κ3) is 6.47. The number of aromatic hydroxyl groups is 1. The van der Waals surface area contributed by atoms with Crippen LogP contribution >= 0.6 is 23.2 Å². The molecule has 0 atom stereocenters. The molecule has 14 heteroatoms. The number of pyridine rings is 1. The van der Waals surface area contributed by atoms with E-state index in [4.69, 9.17) is 32.7 Å². The number of rotatable bonds is 8. The van der Waals surface area contributed by atoms with Crippen molar-refractivity contribution in [2.45, 2.75) is 18.9 Å². The average molecular weight is 584 g/mol. The lowest BCUT2D eigenvalue weighted by Gasteiger charge is -2.14. The van der Waals surface area contributed by atoms with Gasteiger partial charge < -0.3 is 25.2 Å². The van der Waals surface area contributed by atoms with Crippen LogP contribution in [0.2, 0.25) is 10.0 Å². The summed E-state index contributed by atoms with van der Waals surface area (Å²) in [6.07, 6.45) is 3.41. The van der Waals surface area contributed by atoms with Crippen molar-refractivity contribution in [2.24, 2.45) is 0 Å². The maximum Gasteiger partial charge on any atom is 0.324 e. The van der Waals surface area contributed by atoms with Gasteiger partial charge in [-0.3, -0.25) is 10.6 Å². The number of amides is 4. The second-order valence-electron chi connectivity index (χ2n) is 8.67. The lowest BCUT2D eigenvalue weighted by Crippen LogP contribution is -2.30. The van der Waals surface area contributed by atoms with E-state index in [0.717, 1.165) is 12.8 Å². The van der Waals surface area contributed by atoms with Gasteiger partial charge in [0.2, 0.25) is 5.88 Å². The van der Waals surface area contributed by atoms with E-state index in [9.17, 15) is 14.7 Å². The molecule has 4 aromatic rings. The Morgan fingerprint density at radius 2 is 1.73 bits per heavy atom. The highest BCUT2D eigenvalue weighted by molar-refractivity contribution is 6.45. The van der Waals surface area contributed by atoms with E-state index in [0.29, 0.717) is 23.0 Å². The molecule has 2 aromatic heterocycles. The normalized spacial score (nSPS) is 12.4. The van der Waals surface area contributed by atoms with Crippen LogP contribution in [-0.4, -0.2) is 45.1 Å². The molecule has 1 aliphatic rings. The fraction of sp³-hybridized carbons (Fsp3) is 0.154. The molecule has 0 aliphatic heterocycles. The molecule has 0 radical (unpaired) electrons. The number of urea groups is 2. The summed E-state index contributed by atoms with van der Waals surface area (Å²) in [5.74, 6) is 1.44. The van der Waals surface area contributed by atoms with E-state index >= 15 is 0 Å². The quantitative estimate of drug-likeness (QED) is 0.170. The highest BCUT2D eigenvalue weighted by Crippen LogP contribution is 2.39. The number of methoxy groups -OCH3 is 1. The van der Waals surface area contributed by atoms with E-state index in [1.165, 1.54) is 35.1 Å². The van der Waals surface area contributed by atoms with E-state index in [2.05, 4.69) is 31.3 Å². The van der Waals surface area contributed by atoms with Crippen molar-refractivity contribution < 1.29 is 24.2 Å². The molecular formula is C26H23Cl2N7O5. The predicted molar refractivity (Wildman–Crippen MR) is 150 cm³/mol. The van der Waals surface area contributed by atoms with Crippen molar-refractivity contribution in [1.82, 2.24) is 20.1 Å². The van der Waals surface area contributed by atoms with Crippen molar-refractivity contribution in [1.29, 1.82) is 0 Å². The van der Waals surface area contributed by atoms with Gasteiger partial charge in [0.05, 0.1) is 23.5 Å². The Morgan fingerprint density at radius 1 is 0.950 bits per heavy atom. The molecule has 0 unspecified atom stereocenters. The Kier molecular flexibility index (Phi) is 7.80. The summed E-state index contributed by atoms with van der Waals surface area (Å²) in [7, 11) is 1.55. The zero-order chi connectivity index (χ0) is 28.2. The summed E-state index contributed by atoms with van der Waals surface area (Å²) >= 11 is 12.9. The Bertz CT molecular complexity index is 1560. The molecule has 0 spiro atoms. The minimum atomic E-state index is -0.657. The van der Waals surface area contributed by atoms with Gasteiger partial charge in [0.15, 0.2) is 0 Å². The van der Waals surface area contributed by atoms with Crippen LogP contribution in [0.1, 0.15) is 12.8 Å². The van der Waals surface area contributed by atoms with Crippen LogP contribution in [0.15, 0.2) is 60.8 Å². The van der Waals surface area contributed by atoms with Gasteiger partial charge in [0, 0.05) is 24.4 Å². The Hall–Kier alpha value is -4.68. The van der Waals surface area contributed by atoms with Crippen molar-refractivity contribution in [3.05, 3.63) is 70.8 Å². The van der Waals surface area contributed by atoms with Crippen molar-refractivity contribution in [3.8, 4) is 28.8 Å². The Balaban J connectivity index is 1.25. The molecule has 5 rings (SSSR count). The molecule has 1 saturated carbocycles. The predicted octanol–water partition coefficient (Wildman–Crippen LogP) is 6.01. The van der Waals surface area contributed by atoms with Gasteiger partial charge in [0.25, 0.3) is 0 Å². The summed E-state index contributed by atoms with van der Waals surface area (Å²) in [4.78, 5) is 28.9. The molecule has 206 valence electrons.